The van der Waals surface area contributed by atoms with Crippen molar-refractivity contribution in [2.75, 3.05) is 5.73 Å². The zero-order valence-electron chi connectivity index (χ0n) is 9.25. The Hall–Kier alpha value is -2.38. The number of nitrogens with zero attached hydrogens (tertiary/aromatic N) is 1. The number of hydrogen-bond acceptors (Lipinski definition) is 3. The lowest BCUT2D eigenvalue weighted by Crippen LogP contribution is -2.11. The molecule has 1 aromatic carbocycles. The van der Waals surface area contributed by atoms with E-state index >= 15 is 0 Å². The first-order chi connectivity index (χ1) is 8.77. The van der Waals surface area contributed by atoms with Gasteiger partial charge in [-0.05, 0) is 18.2 Å². The summed E-state index contributed by atoms with van der Waals surface area (Å²) in [6.45, 7) is 0. The van der Waals surface area contributed by atoms with Gasteiger partial charge in [-0.15, -0.1) is 0 Å². The molecule has 0 aliphatic carbocycles. The number of aromatic amines is 1. The van der Waals surface area contributed by atoms with Crippen molar-refractivity contribution in [3.05, 3.63) is 46.0 Å². The minimum atomic E-state index is -4.83. The first kappa shape index (κ1) is 13.1. The lowest BCUT2D eigenvalue weighted by molar-refractivity contribution is -0.139. The van der Waals surface area contributed by atoms with E-state index in [1.807, 2.05) is 0 Å². The van der Waals surface area contributed by atoms with E-state index in [9.17, 15) is 22.4 Å². The van der Waals surface area contributed by atoms with Gasteiger partial charge >= 0.3 is 6.18 Å². The van der Waals surface area contributed by atoms with Gasteiger partial charge in [0.1, 0.15) is 5.82 Å². The fraction of sp³-hybridized carbons (Fsp3) is 0.0909. The Morgan fingerprint density at radius 1 is 1.21 bits per heavy atom. The minimum Gasteiger partial charge on any atom is -0.369 e. The Labute approximate surface area is 103 Å². The molecule has 2 rings (SSSR count). The number of hydrogen-bond donors (Lipinski definition) is 2. The zero-order valence-corrected chi connectivity index (χ0v) is 9.25. The second-order valence-corrected chi connectivity index (χ2v) is 3.71. The highest BCUT2D eigenvalue weighted by molar-refractivity contribution is 5.61. The molecule has 0 aliphatic rings. The molecule has 0 fully saturated rings. The number of anilines is 1. The topological polar surface area (TPSA) is 71.8 Å². The molecule has 0 saturated carbocycles. The van der Waals surface area contributed by atoms with Gasteiger partial charge in [-0.3, -0.25) is 9.78 Å². The number of rotatable bonds is 1. The maximum atomic E-state index is 13.1. The molecule has 0 atom stereocenters. The molecule has 2 aromatic rings. The molecule has 0 amide bonds. The van der Waals surface area contributed by atoms with Crippen molar-refractivity contribution in [2.45, 2.75) is 6.18 Å². The molecule has 0 saturated heterocycles. The molecule has 1 aromatic heterocycles. The van der Waals surface area contributed by atoms with Crippen LogP contribution < -0.4 is 11.3 Å². The van der Waals surface area contributed by atoms with Crippen molar-refractivity contribution in [1.82, 2.24) is 9.97 Å². The van der Waals surface area contributed by atoms with Gasteiger partial charge in [0, 0.05) is 11.6 Å². The summed E-state index contributed by atoms with van der Waals surface area (Å²) in [5, 5.41) is 0. The Morgan fingerprint density at radius 2 is 1.89 bits per heavy atom. The minimum absolute atomic E-state index is 0.0495. The van der Waals surface area contributed by atoms with Crippen LogP contribution in [0.1, 0.15) is 5.56 Å². The van der Waals surface area contributed by atoms with Gasteiger partial charge in [-0.1, -0.05) is 0 Å². The van der Waals surface area contributed by atoms with Crippen LogP contribution in [0.15, 0.2) is 29.1 Å². The number of nitrogens with two attached hydrogens (primary N) is 1. The van der Waals surface area contributed by atoms with E-state index in [1.54, 1.807) is 0 Å². The van der Waals surface area contributed by atoms with E-state index in [-0.39, 0.29) is 17.2 Å². The van der Waals surface area contributed by atoms with Crippen LogP contribution in [0.5, 0.6) is 0 Å². The molecule has 0 unspecified atom stereocenters. The van der Waals surface area contributed by atoms with E-state index in [2.05, 4.69) is 9.97 Å². The van der Waals surface area contributed by atoms with Crippen LogP contribution in [-0.2, 0) is 6.18 Å². The molecule has 1 heterocycles. The molecule has 3 N–H and O–H groups in total. The van der Waals surface area contributed by atoms with Gasteiger partial charge < -0.3 is 5.73 Å². The lowest BCUT2D eigenvalue weighted by Gasteiger charge is -2.09. The third-order valence-electron chi connectivity index (χ3n) is 2.33. The Bertz CT molecular complexity index is 678. The van der Waals surface area contributed by atoms with Crippen molar-refractivity contribution < 1.29 is 17.6 Å². The maximum absolute atomic E-state index is 13.1. The predicted octanol–water partition coefficient (Wildman–Crippen LogP) is 2.18. The molecular formula is C11H7F4N3O. The van der Waals surface area contributed by atoms with E-state index in [0.717, 1.165) is 12.1 Å². The van der Waals surface area contributed by atoms with E-state index in [0.29, 0.717) is 12.1 Å². The van der Waals surface area contributed by atoms with Crippen LogP contribution in [0.4, 0.5) is 23.5 Å². The summed E-state index contributed by atoms with van der Waals surface area (Å²) in [4.78, 5) is 17.0. The van der Waals surface area contributed by atoms with Gasteiger partial charge in [0.05, 0.1) is 11.3 Å². The molecule has 19 heavy (non-hydrogen) atoms. The summed E-state index contributed by atoms with van der Waals surface area (Å²) < 4.78 is 50.8. The zero-order chi connectivity index (χ0) is 14.2. The standard InChI is InChI=1S/C11H7F4N3O/c12-7-2-1-5(3-6(7)11(13,14)15)8-4-9(19)18-10(16)17-8/h1-4H,(H3,16,17,18,19). The average Bonchev–Trinajstić information content (AvgIpc) is 2.26. The van der Waals surface area contributed by atoms with Gasteiger partial charge in [0.15, 0.2) is 0 Å². The molecule has 0 spiro atoms. The van der Waals surface area contributed by atoms with Crippen LogP contribution in [0.3, 0.4) is 0 Å². The monoisotopic (exact) mass is 273 g/mol. The number of H-pyrrole nitrogens is 1. The second kappa shape index (κ2) is 4.38. The van der Waals surface area contributed by atoms with Crippen molar-refractivity contribution in [1.29, 1.82) is 0 Å². The Balaban J connectivity index is 2.61. The van der Waals surface area contributed by atoms with Crippen molar-refractivity contribution in [2.24, 2.45) is 0 Å². The van der Waals surface area contributed by atoms with Gasteiger partial charge in [-0.2, -0.15) is 13.2 Å². The smallest absolute Gasteiger partial charge is 0.369 e. The van der Waals surface area contributed by atoms with E-state index in [4.69, 9.17) is 5.73 Å². The summed E-state index contributed by atoms with van der Waals surface area (Å²) in [5.41, 5.74) is 3.14. The molecule has 0 aliphatic heterocycles. The fourth-order valence-corrected chi connectivity index (χ4v) is 1.53. The lowest BCUT2D eigenvalue weighted by atomic mass is 10.1. The molecular weight excluding hydrogens is 266 g/mol. The van der Waals surface area contributed by atoms with Gasteiger partial charge in [0.2, 0.25) is 5.95 Å². The third kappa shape index (κ3) is 2.72. The van der Waals surface area contributed by atoms with Crippen molar-refractivity contribution in [3.63, 3.8) is 0 Å². The number of nitrogen functional groups attached to an aromatic ring is 1. The van der Waals surface area contributed by atoms with Crippen LogP contribution in [0.25, 0.3) is 11.3 Å². The average molecular weight is 273 g/mol. The SMILES string of the molecule is Nc1nc(-c2ccc(F)c(C(F)(F)F)c2)cc(=O)[nH]1. The Morgan fingerprint density at radius 3 is 2.47 bits per heavy atom. The summed E-state index contributed by atoms with van der Waals surface area (Å²) >= 11 is 0. The number of halogens is 4. The van der Waals surface area contributed by atoms with Crippen molar-refractivity contribution in [3.8, 4) is 11.3 Å². The van der Waals surface area contributed by atoms with Crippen LogP contribution >= 0.6 is 0 Å². The largest absolute Gasteiger partial charge is 0.419 e. The second-order valence-electron chi connectivity index (χ2n) is 3.71. The van der Waals surface area contributed by atoms with Gasteiger partial charge in [0.25, 0.3) is 5.56 Å². The van der Waals surface area contributed by atoms with Crippen LogP contribution in [0.2, 0.25) is 0 Å². The molecule has 0 bridgehead atoms. The summed E-state index contributed by atoms with van der Waals surface area (Å²) in [7, 11) is 0. The highest BCUT2D eigenvalue weighted by Gasteiger charge is 2.34. The van der Waals surface area contributed by atoms with Gasteiger partial charge in [-0.25, -0.2) is 9.37 Å². The molecule has 100 valence electrons. The highest BCUT2D eigenvalue weighted by Crippen LogP contribution is 2.33. The van der Waals surface area contributed by atoms with Crippen LogP contribution in [0, 0.1) is 5.82 Å². The number of alkyl halides is 3. The fourth-order valence-electron chi connectivity index (χ4n) is 1.53. The number of benzene rings is 1. The predicted molar refractivity (Wildman–Crippen MR) is 59.7 cm³/mol. The van der Waals surface area contributed by atoms with Crippen LogP contribution in [-0.4, -0.2) is 9.97 Å². The highest BCUT2D eigenvalue weighted by atomic mass is 19.4. The Kier molecular flexibility index (Phi) is 3.01. The summed E-state index contributed by atoms with van der Waals surface area (Å²) in [6.07, 6.45) is -4.83. The maximum Gasteiger partial charge on any atom is 0.419 e. The first-order valence-electron chi connectivity index (χ1n) is 5.01. The molecule has 4 nitrogen and oxygen atoms in total. The summed E-state index contributed by atoms with van der Waals surface area (Å²) in [5.74, 6) is -1.63. The number of nitrogens with one attached hydrogen (secondary N) is 1. The number of aromatic nitrogens is 2. The first-order valence-corrected chi connectivity index (χ1v) is 5.01. The van der Waals surface area contributed by atoms with E-state index in [1.165, 1.54) is 0 Å². The third-order valence-corrected chi connectivity index (χ3v) is 2.33. The van der Waals surface area contributed by atoms with Crippen molar-refractivity contribution >= 4 is 5.95 Å². The molecule has 8 heteroatoms. The van der Waals surface area contributed by atoms with E-state index < -0.39 is 23.1 Å². The summed E-state index contributed by atoms with van der Waals surface area (Å²) in [6, 6.07) is 3.31. The quantitative estimate of drug-likeness (QED) is 0.782. The molecule has 0 radical (unpaired) electrons. The normalized spacial score (nSPS) is 11.6.